The van der Waals surface area contributed by atoms with E-state index in [0.29, 0.717) is 0 Å². The highest BCUT2D eigenvalue weighted by Crippen LogP contribution is 2.29. The smallest absolute Gasteiger partial charge is 0.137 e. The number of nitrogens with zero attached hydrogens (tertiary/aromatic N) is 2. The van der Waals surface area contributed by atoms with Crippen LogP contribution in [0.5, 0.6) is 0 Å². The summed E-state index contributed by atoms with van der Waals surface area (Å²) in [6.45, 7) is 0. The maximum atomic E-state index is 4.12. The lowest BCUT2D eigenvalue weighted by atomic mass is 10.1. The number of aromatic nitrogens is 2. The van der Waals surface area contributed by atoms with Crippen LogP contribution >= 0.6 is 43.2 Å². The quantitative estimate of drug-likeness (QED) is 0.610. The Bertz CT molecular complexity index is 694. The lowest BCUT2D eigenvalue weighted by Gasteiger charge is -2.01. The van der Waals surface area contributed by atoms with Crippen molar-refractivity contribution in [2.75, 3.05) is 0 Å². The van der Waals surface area contributed by atoms with Crippen molar-refractivity contribution in [1.29, 1.82) is 0 Å². The zero-order valence-corrected chi connectivity index (χ0v) is 12.5. The van der Waals surface area contributed by atoms with Gasteiger partial charge in [-0.3, -0.25) is 0 Å². The predicted molar refractivity (Wildman–Crippen MR) is 78.3 cm³/mol. The number of fused-ring (bicyclic) bond motifs is 1. The van der Waals surface area contributed by atoms with Crippen LogP contribution in [-0.4, -0.2) is 10.2 Å². The molecule has 0 unspecified atom stereocenters. The highest BCUT2D eigenvalue weighted by Gasteiger charge is 2.05. The van der Waals surface area contributed by atoms with Crippen LogP contribution in [0.1, 0.15) is 0 Å². The molecule has 1 heterocycles. The molecule has 1 aromatic heterocycles. The van der Waals surface area contributed by atoms with Crippen LogP contribution < -0.4 is 0 Å². The molecule has 0 aliphatic carbocycles. The highest BCUT2D eigenvalue weighted by molar-refractivity contribution is 9.11. The van der Waals surface area contributed by atoms with E-state index >= 15 is 0 Å². The van der Waals surface area contributed by atoms with Crippen LogP contribution in [-0.2, 0) is 0 Å². The molecule has 0 amide bonds. The number of halogens is 2. The molecule has 2 aromatic carbocycles. The fourth-order valence-corrected chi connectivity index (χ4v) is 3.16. The standard InChI is InChI=1S/C12H6Br2N2S/c13-10-4-3-7-5-9(2-1-8(7)6-10)11-15-16-12(14)17-11/h1-6H. The van der Waals surface area contributed by atoms with Crippen molar-refractivity contribution in [3.05, 3.63) is 44.8 Å². The van der Waals surface area contributed by atoms with Gasteiger partial charge in [0.25, 0.3) is 0 Å². The van der Waals surface area contributed by atoms with Gasteiger partial charge in [-0.2, -0.15) is 0 Å². The maximum Gasteiger partial charge on any atom is 0.183 e. The summed E-state index contributed by atoms with van der Waals surface area (Å²) < 4.78 is 1.90. The Balaban J connectivity index is 2.16. The van der Waals surface area contributed by atoms with Gasteiger partial charge in [-0.15, -0.1) is 10.2 Å². The second-order valence-corrected chi connectivity index (χ2v) is 6.74. The van der Waals surface area contributed by atoms with E-state index < -0.39 is 0 Å². The van der Waals surface area contributed by atoms with E-state index in [1.54, 1.807) is 0 Å². The molecule has 0 N–H and O–H groups in total. The molecule has 0 aliphatic heterocycles. The molecule has 3 rings (SSSR count). The maximum absolute atomic E-state index is 4.12. The monoisotopic (exact) mass is 368 g/mol. The fourth-order valence-electron chi connectivity index (χ4n) is 1.67. The molecule has 0 bridgehead atoms. The van der Waals surface area contributed by atoms with Crippen molar-refractivity contribution < 1.29 is 0 Å². The van der Waals surface area contributed by atoms with Crippen LogP contribution in [0.2, 0.25) is 0 Å². The van der Waals surface area contributed by atoms with Crippen molar-refractivity contribution in [3.63, 3.8) is 0 Å². The third-order valence-corrected chi connectivity index (χ3v) is 4.35. The van der Waals surface area contributed by atoms with Gasteiger partial charge in [0.05, 0.1) is 0 Å². The van der Waals surface area contributed by atoms with Gasteiger partial charge in [0.1, 0.15) is 5.01 Å². The van der Waals surface area contributed by atoms with Gasteiger partial charge >= 0.3 is 0 Å². The van der Waals surface area contributed by atoms with Gasteiger partial charge in [-0.25, -0.2) is 0 Å². The molecule has 0 saturated heterocycles. The van der Waals surface area contributed by atoms with Gasteiger partial charge in [-0.05, 0) is 44.9 Å². The summed E-state index contributed by atoms with van der Waals surface area (Å²) in [5.41, 5.74) is 1.10. The van der Waals surface area contributed by atoms with Crippen LogP contribution in [0.25, 0.3) is 21.3 Å². The minimum atomic E-state index is 0.809. The zero-order chi connectivity index (χ0) is 11.8. The Labute approximate surface area is 119 Å². The van der Waals surface area contributed by atoms with Crippen molar-refractivity contribution >= 4 is 54.0 Å². The average molecular weight is 370 g/mol. The molecular formula is C12H6Br2N2S. The largest absolute Gasteiger partial charge is 0.183 e. The topological polar surface area (TPSA) is 25.8 Å². The predicted octanol–water partition coefficient (Wildman–Crippen LogP) is 4.88. The van der Waals surface area contributed by atoms with E-state index in [-0.39, 0.29) is 0 Å². The lowest BCUT2D eigenvalue weighted by molar-refractivity contribution is 1.08. The number of benzene rings is 2. The summed E-state index contributed by atoms with van der Waals surface area (Å²) in [6, 6.07) is 12.6. The van der Waals surface area contributed by atoms with Gasteiger partial charge in [0.2, 0.25) is 0 Å². The number of hydrogen-bond donors (Lipinski definition) is 0. The molecule has 0 radical (unpaired) electrons. The molecule has 84 valence electrons. The summed E-state index contributed by atoms with van der Waals surface area (Å²) in [6.07, 6.45) is 0. The molecule has 3 aromatic rings. The summed E-state index contributed by atoms with van der Waals surface area (Å²) >= 11 is 8.34. The fraction of sp³-hybridized carbons (Fsp3) is 0. The average Bonchev–Trinajstić information content (AvgIpc) is 2.75. The minimum absolute atomic E-state index is 0.809. The summed E-state index contributed by atoms with van der Waals surface area (Å²) in [4.78, 5) is 0. The molecule has 0 aliphatic rings. The summed E-state index contributed by atoms with van der Waals surface area (Å²) in [5.74, 6) is 0. The Kier molecular flexibility index (Phi) is 2.98. The Morgan fingerprint density at radius 1 is 0.882 bits per heavy atom. The van der Waals surface area contributed by atoms with Gasteiger partial charge < -0.3 is 0 Å². The Morgan fingerprint density at radius 3 is 2.41 bits per heavy atom. The van der Waals surface area contributed by atoms with Gasteiger partial charge in [0, 0.05) is 10.0 Å². The lowest BCUT2D eigenvalue weighted by Crippen LogP contribution is -1.78. The number of rotatable bonds is 1. The molecule has 0 fully saturated rings. The molecule has 2 nitrogen and oxygen atoms in total. The molecule has 17 heavy (non-hydrogen) atoms. The highest BCUT2D eigenvalue weighted by atomic mass is 79.9. The van der Waals surface area contributed by atoms with E-state index in [0.717, 1.165) is 19.0 Å². The van der Waals surface area contributed by atoms with Gasteiger partial charge in [-0.1, -0.05) is 45.5 Å². The first-order valence-electron chi connectivity index (χ1n) is 4.91. The van der Waals surface area contributed by atoms with E-state index in [1.165, 1.54) is 22.1 Å². The first-order chi connectivity index (χ1) is 8.22. The molecular weight excluding hydrogens is 364 g/mol. The third kappa shape index (κ3) is 2.27. The van der Waals surface area contributed by atoms with Crippen LogP contribution in [0.3, 0.4) is 0 Å². The first kappa shape index (κ1) is 11.3. The van der Waals surface area contributed by atoms with Gasteiger partial charge in [0.15, 0.2) is 3.92 Å². The second-order valence-electron chi connectivity index (χ2n) is 3.57. The van der Waals surface area contributed by atoms with Crippen LogP contribution in [0, 0.1) is 0 Å². The normalized spacial score (nSPS) is 10.9. The van der Waals surface area contributed by atoms with Crippen molar-refractivity contribution in [2.45, 2.75) is 0 Å². The Morgan fingerprint density at radius 2 is 1.65 bits per heavy atom. The zero-order valence-electron chi connectivity index (χ0n) is 8.52. The summed E-state index contributed by atoms with van der Waals surface area (Å²) in [7, 11) is 0. The second kappa shape index (κ2) is 4.48. The Hall–Kier alpha value is -0.780. The van der Waals surface area contributed by atoms with E-state index in [4.69, 9.17) is 0 Å². The third-order valence-electron chi connectivity index (χ3n) is 2.45. The number of hydrogen-bond acceptors (Lipinski definition) is 3. The van der Waals surface area contributed by atoms with Crippen molar-refractivity contribution in [3.8, 4) is 10.6 Å². The molecule has 0 saturated carbocycles. The molecule has 0 atom stereocenters. The minimum Gasteiger partial charge on any atom is -0.137 e. The van der Waals surface area contributed by atoms with E-state index in [9.17, 15) is 0 Å². The van der Waals surface area contributed by atoms with E-state index in [2.05, 4.69) is 72.4 Å². The van der Waals surface area contributed by atoms with E-state index in [1.807, 2.05) is 6.07 Å². The summed E-state index contributed by atoms with van der Waals surface area (Å²) in [5, 5.41) is 11.4. The van der Waals surface area contributed by atoms with Crippen molar-refractivity contribution in [1.82, 2.24) is 10.2 Å². The first-order valence-corrected chi connectivity index (χ1v) is 7.31. The van der Waals surface area contributed by atoms with Crippen molar-refractivity contribution in [2.24, 2.45) is 0 Å². The van der Waals surface area contributed by atoms with Crippen LogP contribution in [0.4, 0.5) is 0 Å². The van der Waals surface area contributed by atoms with Crippen LogP contribution in [0.15, 0.2) is 44.8 Å². The molecule has 5 heteroatoms. The SMILES string of the molecule is Brc1ccc2cc(-c3nnc(Br)s3)ccc2c1. The molecule has 0 spiro atoms.